The van der Waals surface area contributed by atoms with E-state index in [1.165, 1.54) is 18.4 Å². The van der Waals surface area contributed by atoms with Crippen molar-refractivity contribution in [2.45, 2.75) is 33.0 Å². The fourth-order valence-corrected chi connectivity index (χ4v) is 3.40. The molecule has 8 nitrogen and oxygen atoms in total. The summed E-state index contributed by atoms with van der Waals surface area (Å²) in [6, 6.07) is 9.54. The third-order valence-corrected chi connectivity index (χ3v) is 4.84. The lowest BCUT2D eigenvalue weighted by Gasteiger charge is -2.18. The van der Waals surface area contributed by atoms with Gasteiger partial charge in [-0.05, 0) is 44.5 Å². The van der Waals surface area contributed by atoms with Crippen molar-refractivity contribution in [2.24, 2.45) is 0 Å². The summed E-state index contributed by atoms with van der Waals surface area (Å²) in [5.41, 5.74) is 8.02. The first-order valence-electron chi connectivity index (χ1n) is 9.67. The molecule has 154 valence electrons. The quantitative estimate of drug-likeness (QED) is 0.524. The second kappa shape index (κ2) is 7.47. The molecule has 0 unspecified atom stereocenters. The standard InChI is InChI=1S/C22H23N5O3/c1-4-30-12-17-26-18-19(27(17)21(28)22(2,3)29)15-8-7-13(10-16(15)25-20(18)23)14-6-5-9-24-11-14/h5-11,29H,4,12H2,1-3H3,(H2,23,25). The predicted octanol–water partition coefficient (Wildman–Crippen LogP) is 3.18. The number of carbonyl (C=O) groups excluding carboxylic acids is 1. The lowest BCUT2D eigenvalue weighted by Crippen LogP contribution is -2.36. The number of nitrogens with two attached hydrogens (primary N) is 1. The number of aliphatic hydroxyl groups is 1. The van der Waals surface area contributed by atoms with E-state index in [-0.39, 0.29) is 12.4 Å². The molecule has 0 saturated carbocycles. The van der Waals surface area contributed by atoms with E-state index in [9.17, 15) is 9.90 Å². The third-order valence-electron chi connectivity index (χ3n) is 4.84. The van der Waals surface area contributed by atoms with Crippen molar-refractivity contribution in [3.63, 3.8) is 0 Å². The molecule has 0 aliphatic rings. The minimum atomic E-state index is -1.60. The topological polar surface area (TPSA) is 116 Å². The van der Waals surface area contributed by atoms with Crippen LogP contribution in [-0.2, 0) is 11.3 Å². The van der Waals surface area contributed by atoms with Crippen LogP contribution in [-0.4, -0.2) is 42.7 Å². The number of pyridine rings is 2. The number of nitrogen functional groups attached to an aromatic ring is 1. The maximum atomic E-state index is 13.1. The van der Waals surface area contributed by atoms with E-state index in [2.05, 4.69) is 15.0 Å². The van der Waals surface area contributed by atoms with E-state index >= 15 is 0 Å². The van der Waals surface area contributed by atoms with Crippen LogP contribution >= 0.6 is 0 Å². The Morgan fingerprint density at radius 3 is 2.70 bits per heavy atom. The molecule has 0 radical (unpaired) electrons. The van der Waals surface area contributed by atoms with Crippen molar-refractivity contribution in [2.75, 3.05) is 12.3 Å². The van der Waals surface area contributed by atoms with E-state index in [1.807, 2.05) is 37.3 Å². The number of anilines is 1. The molecule has 0 amide bonds. The summed E-state index contributed by atoms with van der Waals surface area (Å²) in [5, 5.41) is 11.1. The Bertz CT molecular complexity index is 1240. The summed E-state index contributed by atoms with van der Waals surface area (Å²) in [6.45, 7) is 5.32. The number of hydrogen-bond donors (Lipinski definition) is 2. The van der Waals surface area contributed by atoms with Gasteiger partial charge in [-0.3, -0.25) is 14.3 Å². The van der Waals surface area contributed by atoms with Crippen molar-refractivity contribution < 1.29 is 14.6 Å². The van der Waals surface area contributed by atoms with Gasteiger partial charge in [-0.2, -0.15) is 0 Å². The van der Waals surface area contributed by atoms with Gasteiger partial charge in [-0.25, -0.2) is 9.97 Å². The zero-order chi connectivity index (χ0) is 21.5. The van der Waals surface area contributed by atoms with Crippen LogP contribution in [0.1, 0.15) is 31.4 Å². The number of hydrogen-bond acceptors (Lipinski definition) is 7. The zero-order valence-electron chi connectivity index (χ0n) is 17.1. The highest BCUT2D eigenvalue weighted by Gasteiger charge is 2.31. The van der Waals surface area contributed by atoms with E-state index < -0.39 is 11.5 Å². The largest absolute Gasteiger partial charge is 0.382 e. The number of aromatic nitrogens is 4. The first-order valence-corrected chi connectivity index (χ1v) is 9.67. The summed E-state index contributed by atoms with van der Waals surface area (Å²) in [7, 11) is 0. The van der Waals surface area contributed by atoms with Crippen LogP contribution in [0.4, 0.5) is 5.82 Å². The van der Waals surface area contributed by atoms with Gasteiger partial charge < -0.3 is 15.6 Å². The van der Waals surface area contributed by atoms with E-state index in [0.717, 1.165) is 11.1 Å². The van der Waals surface area contributed by atoms with Gasteiger partial charge in [0.15, 0.2) is 5.82 Å². The Balaban J connectivity index is 2.02. The Morgan fingerprint density at radius 2 is 2.03 bits per heavy atom. The van der Waals surface area contributed by atoms with E-state index in [4.69, 9.17) is 10.5 Å². The van der Waals surface area contributed by atoms with Gasteiger partial charge in [-0.15, -0.1) is 0 Å². The summed E-state index contributed by atoms with van der Waals surface area (Å²) >= 11 is 0. The molecule has 1 aromatic carbocycles. The normalized spacial score (nSPS) is 12.0. The molecule has 0 saturated heterocycles. The molecule has 0 aliphatic carbocycles. The molecule has 0 spiro atoms. The number of nitrogens with zero attached hydrogens (tertiary/aromatic N) is 4. The maximum Gasteiger partial charge on any atom is 0.264 e. The maximum absolute atomic E-state index is 13.1. The molecular weight excluding hydrogens is 382 g/mol. The Labute approximate surface area is 173 Å². The highest BCUT2D eigenvalue weighted by molar-refractivity contribution is 6.11. The number of rotatable bonds is 5. The van der Waals surface area contributed by atoms with Gasteiger partial charge >= 0.3 is 0 Å². The van der Waals surface area contributed by atoms with Crippen molar-refractivity contribution >= 4 is 33.7 Å². The summed E-state index contributed by atoms with van der Waals surface area (Å²) < 4.78 is 6.89. The van der Waals surface area contributed by atoms with Crippen LogP contribution in [0.2, 0.25) is 0 Å². The van der Waals surface area contributed by atoms with Crippen LogP contribution in [0.3, 0.4) is 0 Å². The number of carbonyl (C=O) groups is 1. The lowest BCUT2D eigenvalue weighted by molar-refractivity contribution is 0.0381. The summed E-state index contributed by atoms with van der Waals surface area (Å²) in [4.78, 5) is 26.3. The van der Waals surface area contributed by atoms with Gasteiger partial charge in [0.05, 0.1) is 11.0 Å². The average Bonchev–Trinajstić information content (AvgIpc) is 3.11. The fourth-order valence-electron chi connectivity index (χ4n) is 3.40. The molecular formula is C22H23N5O3. The number of imidazole rings is 1. The molecule has 0 bridgehead atoms. The smallest absolute Gasteiger partial charge is 0.264 e. The van der Waals surface area contributed by atoms with Gasteiger partial charge in [-0.1, -0.05) is 12.1 Å². The Morgan fingerprint density at radius 1 is 1.23 bits per heavy atom. The number of ether oxygens (including phenoxy) is 1. The van der Waals surface area contributed by atoms with Crippen LogP contribution in [0.5, 0.6) is 0 Å². The molecule has 4 rings (SSSR count). The second-order valence-electron chi connectivity index (χ2n) is 7.53. The fraction of sp³-hybridized carbons (Fsp3) is 0.273. The van der Waals surface area contributed by atoms with E-state index in [1.54, 1.807) is 12.4 Å². The molecule has 30 heavy (non-hydrogen) atoms. The predicted molar refractivity (Wildman–Crippen MR) is 115 cm³/mol. The molecule has 8 heteroatoms. The Hall–Kier alpha value is -3.36. The number of fused-ring (bicyclic) bond motifs is 3. The van der Waals surface area contributed by atoms with Gasteiger partial charge in [0.25, 0.3) is 5.91 Å². The van der Waals surface area contributed by atoms with Crippen molar-refractivity contribution in [3.05, 3.63) is 48.5 Å². The first kappa shape index (κ1) is 19.9. The van der Waals surface area contributed by atoms with Gasteiger partial charge in [0.1, 0.15) is 23.5 Å². The lowest BCUT2D eigenvalue weighted by atomic mass is 10.0. The van der Waals surface area contributed by atoms with Crippen molar-refractivity contribution in [1.82, 2.24) is 19.5 Å². The highest BCUT2D eigenvalue weighted by Crippen LogP contribution is 2.32. The number of benzene rings is 1. The monoisotopic (exact) mass is 405 g/mol. The Kier molecular flexibility index (Phi) is 4.97. The minimum absolute atomic E-state index is 0.113. The van der Waals surface area contributed by atoms with Crippen LogP contribution < -0.4 is 5.73 Å². The molecule has 3 aromatic heterocycles. The molecule has 4 aromatic rings. The zero-order valence-corrected chi connectivity index (χ0v) is 17.1. The molecule has 0 aliphatic heterocycles. The molecule has 3 N–H and O–H groups in total. The summed E-state index contributed by atoms with van der Waals surface area (Å²) in [6.07, 6.45) is 3.48. The van der Waals surface area contributed by atoms with Crippen molar-refractivity contribution in [3.8, 4) is 11.1 Å². The second-order valence-corrected chi connectivity index (χ2v) is 7.53. The highest BCUT2D eigenvalue weighted by atomic mass is 16.5. The molecule has 0 atom stereocenters. The SMILES string of the molecule is CCOCc1nc2c(N)nc3cc(-c4cccnc4)ccc3c2n1C(=O)C(C)(C)O. The van der Waals surface area contributed by atoms with Crippen LogP contribution in [0.25, 0.3) is 33.1 Å². The first-order chi connectivity index (χ1) is 14.3. The van der Waals surface area contributed by atoms with Gasteiger partial charge in [0, 0.05) is 30.0 Å². The average molecular weight is 405 g/mol. The van der Waals surface area contributed by atoms with Gasteiger partial charge in [0.2, 0.25) is 0 Å². The van der Waals surface area contributed by atoms with E-state index in [0.29, 0.717) is 34.4 Å². The van der Waals surface area contributed by atoms with Crippen molar-refractivity contribution in [1.29, 1.82) is 0 Å². The third kappa shape index (κ3) is 3.40. The molecule has 0 fully saturated rings. The van der Waals surface area contributed by atoms with Crippen LogP contribution in [0.15, 0.2) is 42.7 Å². The minimum Gasteiger partial charge on any atom is -0.382 e. The summed E-state index contributed by atoms with van der Waals surface area (Å²) in [5.74, 6) is 0.0696. The molecule has 3 heterocycles. The van der Waals surface area contributed by atoms with Crippen LogP contribution in [0, 0.1) is 0 Å².